The van der Waals surface area contributed by atoms with E-state index in [0.717, 1.165) is 5.56 Å². The molecular weight excluding hydrogens is 359 g/mol. The molecule has 1 aromatic carbocycles. The number of nitrogens with zero attached hydrogens (tertiary/aromatic N) is 3. The number of halogens is 1. The van der Waals surface area contributed by atoms with Crippen LogP contribution in [0.1, 0.15) is 35.7 Å². The number of fused-ring (bicyclic) bond motifs is 1. The zero-order chi connectivity index (χ0) is 19.1. The Morgan fingerprint density at radius 3 is 2.96 bits per heavy atom. The third-order valence-electron chi connectivity index (χ3n) is 4.81. The first-order chi connectivity index (χ1) is 12.9. The summed E-state index contributed by atoms with van der Waals surface area (Å²) < 4.78 is 23.7. The number of benzene rings is 1. The second-order valence-corrected chi connectivity index (χ2v) is 6.59. The van der Waals surface area contributed by atoms with Gasteiger partial charge in [0.05, 0.1) is 6.04 Å². The minimum absolute atomic E-state index is 0.0274. The van der Waals surface area contributed by atoms with Crippen LogP contribution in [0.15, 0.2) is 22.8 Å². The van der Waals surface area contributed by atoms with Crippen molar-refractivity contribution in [3.63, 3.8) is 0 Å². The zero-order valence-corrected chi connectivity index (χ0v) is 14.1. The van der Waals surface area contributed by atoms with Crippen LogP contribution in [0.25, 0.3) is 0 Å². The molecule has 0 unspecified atom stereocenters. The second kappa shape index (κ2) is 6.50. The van der Waals surface area contributed by atoms with Gasteiger partial charge >= 0.3 is 6.03 Å². The number of carbonyl (C=O) groups excluding carboxylic acids is 1. The molecule has 1 aromatic heterocycles. The molecule has 5 N–H and O–H groups in total. The summed E-state index contributed by atoms with van der Waals surface area (Å²) in [5.74, 6) is -0.799. The second-order valence-electron chi connectivity index (χ2n) is 6.59. The monoisotopic (exact) mass is 376 g/mol. The van der Waals surface area contributed by atoms with Crippen LogP contribution in [0.4, 0.5) is 9.18 Å². The van der Waals surface area contributed by atoms with Crippen molar-refractivity contribution in [2.75, 3.05) is 0 Å². The molecule has 2 aromatic rings. The largest absolute Gasteiger partial charge is 0.470 e. The molecule has 2 aliphatic carbocycles. The van der Waals surface area contributed by atoms with E-state index < -0.39 is 17.9 Å². The molecule has 0 bridgehead atoms. The molecule has 27 heavy (non-hydrogen) atoms. The lowest BCUT2D eigenvalue weighted by Crippen LogP contribution is -2.50. The number of ether oxygens (including phenoxy) is 1. The minimum Gasteiger partial charge on any atom is -0.470 e. The molecule has 0 aliphatic heterocycles. The molecule has 0 radical (unpaired) electrons. The van der Waals surface area contributed by atoms with Crippen molar-refractivity contribution in [3.05, 3.63) is 40.8 Å². The first-order valence-electron chi connectivity index (χ1n) is 8.33. The zero-order valence-electron chi connectivity index (χ0n) is 14.1. The topological polar surface area (TPSA) is 151 Å². The van der Waals surface area contributed by atoms with Gasteiger partial charge in [0, 0.05) is 18.9 Å². The number of hydrogen-bond donors (Lipinski definition) is 4. The molecule has 1 heterocycles. The van der Waals surface area contributed by atoms with E-state index in [-0.39, 0.29) is 29.6 Å². The standard InChI is InChI=1S/C16H17FN6O4/c17-8-2-1-7-3-12(11(7)4-8)23(25)14(18)13-15(22-27-21-13)26-10-5-9(6-10)20-16(19)24/h1-2,4,9-10,12,18,25H,3,5-6H2,(H3,19,20,24)/t9?,10?,12-/m0/s1. The van der Waals surface area contributed by atoms with Gasteiger partial charge in [-0.15, -0.1) is 0 Å². The van der Waals surface area contributed by atoms with E-state index in [4.69, 9.17) is 15.9 Å². The van der Waals surface area contributed by atoms with Gasteiger partial charge in [0.15, 0.2) is 5.84 Å². The van der Waals surface area contributed by atoms with Gasteiger partial charge in [0.1, 0.15) is 11.9 Å². The Hall–Kier alpha value is -3.21. The molecule has 11 heteroatoms. The smallest absolute Gasteiger partial charge is 0.312 e. The fourth-order valence-electron chi connectivity index (χ4n) is 3.27. The number of nitrogens with one attached hydrogen (secondary N) is 2. The van der Waals surface area contributed by atoms with Crippen LogP contribution in [-0.2, 0) is 6.42 Å². The predicted octanol–water partition coefficient (Wildman–Crippen LogP) is 1.10. The third-order valence-corrected chi connectivity index (χ3v) is 4.81. The normalized spacial score (nSPS) is 22.8. The summed E-state index contributed by atoms with van der Waals surface area (Å²) >= 11 is 0. The Balaban J connectivity index is 1.40. The van der Waals surface area contributed by atoms with Crippen LogP contribution >= 0.6 is 0 Å². The van der Waals surface area contributed by atoms with E-state index in [2.05, 4.69) is 20.3 Å². The van der Waals surface area contributed by atoms with Crippen LogP contribution in [0.5, 0.6) is 5.88 Å². The Bertz CT molecular complexity index is 897. The third kappa shape index (κ3) is 3.16. The van der Waals surface area contributed by atoms with E-state index >= 15 is 0 Å². The number of rotatable bonds is 5. The van der Waals surface area contributed by atoms with Crippen molar-refractivity contribution >= 4 is 11.9 Å². The highest BCUT2D eigenvalue weighted by atomic mass is 19.1. The number of hydrogen-bond acceptors (Lipinski definition) is 7. The summed E-state index contributed by atoms with van der Waals surface area (Å²) in [5, 5.41) is 29.1. The molecule has 10 nitrogen and oxygen atoms in total. The van der Waals surface area contributed by atoms with Crippen molar-refractivity contribution < 1.29 is 23.8 Å². The highest BCUT2D eigenvalue weighted by Crippen LogP contribution is 2.38. The summed E-state index contributed by atoms with van der Waals surface area (Å²) in [6, 6.07) is 3.11. The molecule has 0 saturated heterocycles. The van der Waals surface area contributed by atoms with Crippen LogP contribution in [0, 0.1) is 11.2 Å². The average Bonchev–Trinajstić information content (AvgIpc) is 3.03. The molecule has 1 atom stereocenters. The number of carbonyl (C=O) groups is 1. The van der Waals surface area contributed by atoms with Crippen molar-refractivity contribution in [2.45, 2.75) is 37.5 Å². The number of amides is 2. The summed E-state index contributed by atoms with van der Waals surface area (Å²) in [5.41, 5.74) is 6.52. The van der Waals surface area contributed by atoms with E-state index in [1.54, 1.807) is 6.07 Å². The molecule has 4 rings (SSSR count). The van der Waals surface area contributed by atoms with E-state index in [0.29, 0.717) is 29.9 Å². The molecule has 1 saturated carbocycles. The lowest BCUT2D eigenvalue weighted by atomic mass is 9.83. The fraction of sp³-hybridized carbons (Fsp3) is 0.375. The van der Waals surface area contributed by atoms with Gasteiger partial charge in [-0.2, -0.15) is 0 Å². The van der Waals surface area contributed by atoms with Crippen molar-refractivity contribution in [1.82, 2.24) is 20.7 Å². The van der Waals surface area contributed by atoms with E-state index in [1.807, 2.05) is 0 Å². The SMILES string of the molecule is N=C(c1nonc1OC1CC(NC(N)=O)C1)N(O)[C@H]1Cc2ccc(F)cc21. The summed E-state index contributed by atoms with van der Waals surface area (Å²) in [7, 11) is 0. The number of aromatic nitrogens is 2. The fourth-order valence-corrected chi connectivity index (χ4v) is 3.27. The number of nitrogens with two attached hydrogens (primary N) is 1. The van der Waals surface area contributed by atoms with Crippen LogP contribution < -0.4 is 15.8 Å². The highest BCUT2D eigenvalue weighted by molar-refractivity contribution is 5.96. The number of amidine groups is 1. The lowest BCUT2D eigenvalue weighted by Gasteiger charge is -2.36. The summed E-state index contributed by atoms with van der Waals surface area (Å²) in [6.45, 7) is 0. The molecule has 142 valence electrons. The van der Waals surface area contributed by atoms with Crippen molar-refractivity contribution in [3.8, 4) is 5.88 Å². The van der Waals surface area contributed by atoms with Gasteiger partial charge in [0.25, 0.3) is 5.88 Å². The maximum Gasteiger partial charge on any atom is 0.312 e. The van der Waals surface area contributed by atoms with E-state index in [1.165, 1.54) is 12.1 Å². The van der Waals surface area contributed by atoms with Crippen molar-refractivity contribution in [2.24, 2.45) is 5.73 Å². The van der Waals surface area contributed by atoms with Gasteiger partial charge in [-0.3, -0.25) is 10.6 Å². The predicted molar refractivity (Wildman–Crippen MR) is 87.8 cm³/mol. The number of hydroxylamine groups is 2. The average molecular weight is 376 g/mol. The molecular formula is C16H17FN6O4. The van der Waals surface area contributed by atoms with Gasteiger partial charge < -0.3 is 15.8 Å². The molecule has 1 fully saturated rings. The molecule has 2 amide bonds. The maximum absolute atomic E-state index is 13.4. The van der Waals surface area contributed by atoms with Crippen molar-refractivity contribution in [1.29, 1.82) is 5.41 Å². The van der Waals surface area contributed by atoms with Gasteiger partial charge in [-0.25, -0.2) is 18.9 Å². The summed E-state index contributed by atoms with van der Waals surface area (Å²) in [6.07, 6.45) is 1.28. The van der Waals surface area contributed by atoms with Gasteiger partial charge in [0.2, 0.25) is 5.69 Å². The highest BCUT2D eigenvalue weighted by Gasteiger charge is 2.37. The number of urea groups is 1. The Morgan fingerprint density at radius 2 is 2.22 bits per heavy atom. The van der Waals surface area contributed by atoms with E-state index in [9.17, 15) is 14.4 Å². The first kappa shape index (κ1) is 17.2. The number of primary amides is 1. The summed E-state index contributed by atoms with van der Waals surface area (Å²) in [4.78, 5) is 10.8. The first-order valence-corrected chi connectivity index (χ1v) is 8.33. The van der Waals surface area contributed by atoms with Gasteiger partial charge in [-0.05, 0) is 40.0 Å². The maximum atomic E-state index is 13.4. The minimum atomic E-state index is -0.600. The lowest BCUT2D eigenvalue weighted by molar-refractivity contribution is -0.0635. The Morgan fingerprint density at radius 1 is 1.44 bits per heavy atom. The molecule has 2 aliphatic rings. The molecule has 0 spiro atoms. The van der Waals surface area contributed by atoms with Gasteiger partial charge in [-0.1, -0.05) is 6.07 Å². The Labute approximate surface area is 152 Å². The Kier molecular flexibility index (Phi) is 4.15. The van der Waals surface area contributed by atoms with Crippen LogP contribution in [0.2, 0.25) is 0 Å². The van der Waals surface area contributed by atoms with Crippen LogP contribution in [-0.4, -0.2) is 44.6 Å². The van der Waals surface area contributed by atoms with Crippen LogP contribution in [0.3, 0.4) is 0 Å². The quantitative estimate of drug-likeness (QED) is 0.346.